The van der Waals surface area contributed by atoms with Gasteiger partial charge in [0.05, 0.1) is 13.5 Å². The minimum atomic E-state index is -0.555. The van der Waals surface area contributed by atoms with Crippen LogP contribution in [0.15, 0.2) is 42.5 Å². The van der Waals surface area contributed by atoms with Gasteiger partial charge in [0.15, 0.2) is 0 Å². The molecule has 0 unspecified atom stereocenters. The van der Waals surface area contributed by atoms with Crippen molar-refractivity contribution in [2.45, 2.75) is 77.9 Å². The van der Waals surface area contributed by atoms with E-state index >= 15 is 0 Å². The lowest BCUT2D eigenvalue weighted by atomic mass is 9.95. The smallest absolute Gasteiger partial charge is 0.242 e. The topological polar surface area (TPSA) is 58.6 Å². The van der Waals surface area contributed by atoms with Gasteiger partial charge in [-0.3, -0.25) is 9.59 Å². The highest BCUT2D eigenvalue weighted by atomic mass is 16.5. The lowest BCUT2D eigenvalue weighted by Crippen LogP contribution is -2.50. The minimum absolute atomic E-state index is 0.0483. The Morgan fingerprint density at radius 1 is 1.09 bits per heavy atom. The molecule has 3 rings (SSSR count). The number of hydrogen-bond acceptors (Lipinski definition) is 3. The van der Waals surface area contributed by atoms with Gasteiger partial charge < -0.3 is 15.0 Å². The van der Waals surface area contributed by atoms with E-state index in [9.17, 15) is 9.59 Å². The first-order valence-corrected chi connectivity index (χ1v) is 11.7. The van der Waals surface area contributed by atoms with E-state index in [0.717, 1.165) is 53.7 Å². The zero-order valence-electron chi connectivity index (χ0n) is 19.8. The summed E-state index contributed by atoms with van der Waals surface area (Å²) in [5, 5.41) is 3.19. The summed E-state index contributed by atoms with van der Waals surface area (Å²) in [7, 11) is 1.63. The van der Waals surface area contributed by atoms with Gasteiger partial charge in [-0.05, 0) is 62.4 Å². The monoisotopic (exact) mass is 436 g/mol. The first-order valence-electron chi connectivity index (χ1n) is 11.7. The molecule has 5 heteroatoms. The van der Waals surface area contributed by atoms with E-state index in [1.54, 1.807) is 12.0 Å². The normalized spacial score (nSPS) is 15.1. The summed E-state index contributed by atoms with van der Waals surface area (Å²) in [6, 6.07) is 13.5. The van der Waals surface area contributed by atoms with Gasteiger partial charge in [-0.25, -0.2) is 0 Å². The molecule has 1 saturated carbocycles. The molecular weight excluding hydrogens is 400 g/mol. The van der Waals surface area contributed by atoms with Crippen molar-refractivity contribution in [1.82, 2.24) is 10.2 Å². The first-order chi connectivity index (χ1) is 15.4. The molecule has 0 heterocycles. The molecule has 0 spiro atoms. The molecule has 2 amide bonds. The summed E-state index contributed by atoms with van der Waals surface area (Å²) in [5.74, 6) is 0.616. The van der Waals surface area contributed by atoms with Crippen LogP contribution in [0.2, 0.25) is 0 Å². The van der Waals surface area contributed by atoms with E-state index in [4.69, 9.17) is 4.74 Å². The molecule has 5 nitrogen and oxygen atoms in total. The number of amides is 2. The molecule has 172 valence electrons. The number of rotatable bonds is 8. The number of carbonyl (C=O) groups is 2. The molecule has 1 N–H and O–H groups in total. The second kappa shape index (κ2) is 11.2. The molecule has 0 saturated heterocycles. The molecule has 2 aromatic carbocycles. The highest BCUT2D eigenvalue weighted by Crippen LogP contribution is 2.20. The van der Waals surface area contributed by atoms with E-state index in [2.05, 4.69) is 17.4 Å². The van der Waals surface area contributed by atoms with Gasteiger partial charge in [0.1, 0.15) is 11.8 Å². The van der Waals surface area contributed by atoms with E-state index in [-0.39, 0.29) is 24.3 Å². The Balaban J connectivity index is 1.81. The van der Waals surface area contributed by atoms with Crippen LogP contribution in [-0.2, 0) is 22.6 Å². The second-order valence-corrected chi connectivity index (χ2v) is 9.00. The van der Waals surface area contributed by atoms with E-state index in [0.29, 0.717) is 6.54 Å². The summed E-state index contributed by atoms with van der Waals surface area (Å²) < 4.78 is 5.35. The third-order valence-corrected chi connectivity index (χ3v) is 6.45. The van der Waals surface area contributed by atoms with Crippen LogP contribution in [0.1, 0.15) is 61.3 Å². The van der Waals surface area contributed by atoms with Crippen LogP contribution in [-0.4, -0.2) is 35.9 Å². The molecule has 32 heavy (non-hydrogen) atoms. The number of hydrogen-bond donors (Lipinski definition) is 1. The van der Waals surface area contributed by atoms with Crippen molar-refractivity contribution in [1.29, 1.82) is 0 Å². The molecule has 1 fully saturated rings. The standard InChI is InChI=1S/C27H36N2O3/c1-19-13-14-20(2)23(15-19)17-26(30)29(18-22-9-8-12-25(16-22)32-4)21(3)27(31)28-24-10-6-5-7-11-24/h8-9,12-16,21,24H,5-7,10-11,17-18H2,1-4H3,(H,28,31)/t21-/m0/s1. The third-order valence-electron chi connectivity index (χ3n) is 6.45. The molecule has 1 atom stereocenters. The van der Waals surface area contributed by atoms with Crippen LogP contribution in [0.3, 0.4) is 0 Å². The minimum Gasteiger partial charge on any atom is -0.497 e. The molecule has 0 aromatic heterocycles. The molecule has 0 radical (unpaired) electrons. The summed E-state index contributed by atoms with van der Waals surface area (Å²) in [4.78, 5) is 28.3. The predicted molar refractivity (Wildman–Crippen MR) is 128 cm³/mol. The third kappa shape index (κ3) is 6.35. The Morgan fingerprint density at radius 3 is 2.56 bits per heavy atom. The van der Waals surface area contributed by atoms with Crippen LogP contribution in [0.5, 0.6) is 5.75 Å². The summed E-state index contributed by atoms with van der Waals surface area (Å²) >= 11 is 0. The lowest BCUT2D eigenvalue weighted by Gasteiger charge is -2.31. The average Bonchev–Trinajstić information content (AvgIpc) is 2.80. The fourth-order valence-corrected chi connectivity index (χ4v) is 4.37. The quantitative estimate of drug-likeness (QED) is 0.651. The maximum atomic E-state index is 13.5. The molecule has 1 aliphatic rings. The number of benzene rings is 2. The van der Waals surface area contributed by atoms with Crippen LogP contribution in [0, 0.1) is 13.8 Å². The fourth-order valence-electron chi connectivity index (χ4n) is 4.37. The van der Waals surface area contributed by atoms with Crippen molar-refractivity contribution in [3.63, 3.8) is 0 Å². The lowest BCUT2D eigenvalue weighted by molar-refractivity contribution is -0.140. The SMILES string of the molecule is COc1cccc(CN(C(=O)Cc2cc(C)ccc2C)[C@@H](C)C(=O)NC2CCCCC2)c1. The Hall–Kier alpha value is -2.82. The molecule has 0 bridgehead atoms. The number of methoxy groups -OCH3 is 1. The number of ether oxygens (including phenoxy) is 1. The number of carbonyl (C=O) groups excluding carboxylic acids is 2. The maximum Gasteiger partial charge on any atom is 0.242 e. The van der Waals surface area contributed by atoms with Gasteiger partial charge in [-0.1, -0.05) is 55.2 Å². The van der Waals surface area contributed by atoms with Crippen LogP contribution in [0.25, 0.3) is 0 Å². The number of nitrogens with one attached hydrogen (secondary N) is 1. The number of nitrogens with zero attached hydrogens (tertiary/aromatic N) is 1. The van der Waals surface area contributed by atoms with Crippen molar-refractivity contribution in [3.8, 4) is 5.75 Å². The number of aryl methyl sites for hydroxylation is 2. The summed E-state index contributed by atoms with van der Waals surface area (Å²) in [6.45, 7) is 6.24. The van der Waals surface area contributed by atoms with Gasteiger partial charge in [0.2, 0.25) is 11.8 Å². The van der Waals surface area contributed by atoms with Crippen LogP contribution < -0.4 is 10.1 Å². The Kier molecular flexibility index (Phi) is 8.32. The largest absolute Gasteiger partial charge is 0.497 e. The molecular formula is C27H36N2O3. The highest BCUT2D eigenvalue weighted by Gasteiger charge is 2.28. The fraction of sp³-hybridized carbons (Fsp3) is 0.481. The van der Waals surface area contributed by atoms with Crippen molar-refractivity contribution in [2.75, 3.05) is 7.11 Å². The molecule has 1 aliphatic carbocycles. The van der Waals surface area contributed by atoms with E-state index < -0.39 is 6.04 Å². The molecule has 0 aliphatic heterocycles. The average molecular weight is 437 g/mol. The van der Waals surface area contributed by atoms with Crippen LogP contribution in [0.4, 0.5) is 0 Å². The van der Waals surface area contributed by atoms with Gasteiger partial charge in [-0.15, -0.1) is 0 Å². The van der Waals surface area contributed by atoms with Gasteiger partial charge in [-0.2, -0.15) is 0 Å². The van der Waals surface area contributed by atoms with Crippen LogP contribution >= 0.6 is 0 Å². The van der Waals surface area contributed by atoms with Crippen molar-refractivity contribution >= 4 is 11.8 Å². The summed E-state index contributed by atoms with van der Waals surface area (Å²) in [6.07, 6.45) is 5.85. The van der Waals surface area contributed by atoms with Gasteiger partial charge >= 0.3 is 0 Å². The predicted octanol–water partition coefficient (Wildman–Crippen LogP) is 4.72. The van der Waals surface area contributed by atoms with Crippen molar-refractivity contribution in [2.24, 2.45) is 0 Å². The first kappa shape index (κ1) is 23.8. The molecule has 2 aromatic rings. The maximum absolute atomic E-state index is 13.5. The summed E-state index contributed by atoms with van der Waals surface area (Å²) in [5.41, 5.74) is 4.16. The Labute approximate surface area is 192 Å². The zero-order chi connectivity index (χ0) is 23.1. The zero-order valence-corrected chi connectivity index (χ0v) is 19.8. The second-order valence-electron chi connectivity index (χ2n) is 9.00. The Morgan fingerprint density at radius 2 is 1.84 bits per heavy atom. The van der Waals surface area contributed by atoms with E-state index in [1.807, 2.05) is 51.1 Å². The van der Waals surface area contributed by atoms with Crippen molar-refractivity contribution in [3.05, 3.63) is 64.7 Å². The van der Waals surface area contributed by atoms with Crippen molar-refractivity contribution < 1.29 is 14.3 Å². The van der Waals surface area contributed by atoms with E-state index in [1.165, 1.54) is 6.42 Å². The highest BCUT2D eigenvalue weighted by molar-refractivity contribution is 5.88. The Bertz CT molecular complexity index is 934. The van der Waals surface area contributed by atoms with Gasteiger partial charge in [0, 0.05) is 12.6 Å². The van der Waals surface area contributed by atoms with Gasteiger partial charge in [0.25, 0.3) is 0 Å².